The van der Waals surface area contributed by atoms with E-state index in [1.165, 1.54) is 75.1 Å². The molecule has 10 nitrogen and oxygen atoms in total. The zero-order valence-corrected chi connectivity index (χ0v) is 55.0. The Morgan fingerprint density at radius 1 is 0.304 bits per heavy atom. The molecule has 0 aromatic heterocycles. The summed E-state index contributed by atoms with van der Waals surface area (Å²) in [7, 11) is 4.71. The maximum absolute atomic E-state index is 9.59. The van der Waals surface area contributed by atoms with Crippen molar-refractivity contribution in [3.8, 4) is 22.3 Å². The van der Waals surface area contributed by atoms with Crippen molar-refractivity contribution >= 4 is 98.3 Å². The van der Waals surface area contributed by atoms with Crippen LogP contribution in [0.25, 0.3) is 22.3 Å². The van der Waals surface area contributed by atoms with Crippen molar-refractivity contribution in [2.75, 3.05) is 35.5 Å². The molecule has 0 aliphatic carbocycles. The number of carbonyl (C=O) groups excluding carboxylic acids is 3. The summed E-state index contributed by atoms with van der Waals surface area (Å²) in [6.45, 7) is 16.1. The van der Waals surface area contributed by atoms with Crippen LogP contribution in [0, 0.1) is 10.7 Å². The van der Waals surface area contributed by atoms with Gasteiger partial charge in [0.25, 0.3) is 0 Å². The van der Waals surface area contributed by atoms with E-state index < -0.39 is 7.12 Å². The lowest BCUT2D eigenvalue weighted by Gasteiger charge is -1.98. The Bertz CT molecular complexity index is 2140. The van der Waals surface area contributed by atoms with Gasteiger partial charge in [-0.1, -0.05) is 248 Å². The van der Waals surface area contributed by atoms with E-state index in [0.717, 1.165) is 14.2 Å². The largest absolute Gasteiger partial charge is 0.488 e. The fraction of sp³-hybridized carbons (Fsp3) is 0.215. The summed E-state index contributed by atoms with van der Waals surface area (Å²) < 4.78 is 16.2. The van der Waals surface area contributed by atoms with E-state index in [-0.39, 0.29) is 17.9 Å². The number of esters is 3. The topological polar surface area (TPSA) is 160 Å². The van der Waals surface area contributed by atoms with Gasteiger partial charge in [-0.25, -0.2) is 0 Å². The van der Waals surface area contributed by atoms with Gasteiger partial charge in [0.05, 0.1) is 21.3 Å². The van der Waals surface area contributed by atoms with Gasteiger partial charge in [0.15, 0.2) is 0 Å². The van der Waals surface area contributed by atoms with Crippen molar-refractivity contribution in [3.63, 3.8) is 0 Å². The summed E-state index contributed by atoms with van der Waals surface area (Å²) in [5.74, 6) is -0.736. The highest BCUT2D eigenvalue weighted by Gasteiger charge is 2.07. The molecular formula is C65H86BI3O10. The minimum absolute atomic E-state index is 0.245. The number of ether oxygens (including phenoxy) is 3. The maximum Gasteiger partial charge on any atom is 0.488 e. The number of hydrogen-bond acceptors (Lipinski definition) is 10. The molecule has 0 aliphatic rings. The normalized spacial score (nSPS) is 7.96. The first-order valence-electron chi connectivity index (χ1n) is 25.0. The lowest BCUT2D eigenvalue weighted by molar-refractivity contribution is -0.138. The zero-order valence-electron chi connectivity index (χ0n) is 48.5. The number of methoxy groups -OCH3 is 3. The predicted molar refractivity (Wildman–Crippen MR) is 361 cm³/mol. The third-order valence-corrected chi connectivity index (χ3v) is 10.1. The number of carbonyl (C=O) groups is 3. The van der Waals surface area contributed by atoms with Gasteiger partial charge in [0, 0.05) is 45.7 Å². The van der Waals surface area contributed by atoms with Gasteiger partial charge in [0.1, 0.15) is 0 Å². The summed E-state index contributed by atoms with van der Waals surface area (Å²) >= 11 is 6.84. The molecule has 14 heteroatoms. The number of benzene rings is 8. The highest BCUT2D eigenvalue weighted by molar-refractivity contribution is 14.1. The second-order valence-electron chi connectivity index (χ2n) is 13.2. The molecule has 0 spiro atoms. The third kappa shape index (κ3) is 61.3. The number of aliphatic hydroxyl groups excluding tert-OH is 2. The van der Waals surface area contributed by atoms with E-state index in [1.54, 1.807) is 24.3 Å². The summed E-state index contributed by atoms with van der Waals surface area (Å²) in [6, 6.07) is 80.9. The number of hydrogen-bond donors (Lipinski definition) is 4. The Labute approximate surface area is 516 Å². The first-order chi connectivity index (χ1) is 38.2. The summed E-state index contributed by atoms with van der Waals surface area (Å²) in [5, 5.41) is 31.2. The smallest absolute Gasteiger partial charge is 0.469 e. The third-order valence-electron chi connectivity index (χ3n) is 7.92. The van der Waals surface area contributed by atoms with Gasteiger partial charge in [-0.05, 0) is 132 Å². The molecule has 0 heterocycles. The Balaban J connectivity index is -0.000000189. The van der Waals surface area contributed by atoms with Crippen LogP contribution in [-0.2, 0) is 28.6 Å². The van der Waals surface area contributed by atoms with Gasteiger partial charge >= 0.3 is 25.0 Å². The molecule has 8 aromatic carbocycles. The van der Waals surface area contributed by atoms with Gasteiger partial charge in [-0.2, -0.15) is 0 Å². The number of aliphatic hydroxyl groups is 2. The van der Waals surface area contributed by atoms with Crippen LogP contribution in [-0.4, -0.2) is 80.8 Å². The molecule has 8 rings (SSSR count). The van der Waals surface area contributed by atoms with Crippen LogP contribution in [0.1, 0.15) is 62.3 Å². The average molecular weight is 1420 g/mol. The monoisotopic (exact) mass is 1420 g/mol. The summed E-state index contributed by atoms with van der Waals surface area (Å²) in [6.07, 6.45) is 0. The summed E-state index contributed by atoms with van der Waals surface area (Å²) in [5.41, 5.74) is 5.63. The fourth-order valence-electron chi connectivity index (χ4n) is 4.39. The molecule has 0 bridgehead atoms. The highest BCUT2D eigenvalue weighted by Crippen LogP contribution is 2.18. The molecule has 0 radical (unpaired) electrons. The second-order valence-corrected chi connectivity index (χ2v) is 17.0. The Kier molecular flexibility index (Phi) is 73.2. The van der Waals surface area contributed by atoms with Crippen LogP contribution in [0.15, 0.2) is 243 Å². The molecule has 0 saturated heterocycles. The first-order valence-corrected chi connectivity index (χ1v) is 28.2. The van der Waals surface area contributed by atoms with Crippen molar-refractivity contribution in [2.24, 2.45) is 0 Å². The van der Waals surface area contributed by atoms with Crippen LogP contribution < -0.4 is 5.46 Å². The van der Waals surface area contributed by atoms with E-state index in [2.05, 4.69) is 215 Å². The molecule has 0 saturated carbocycles. The SMILES string of the molecule is CC.CC.CC.CO.CO.COC(C)=O.COC(C)=O.COC(C)=O.Ic1ccccc1.Ic1ccccc1.Ic1ccccc1.OB(O)c1ccccc1.c1ccc(-c2ccccc2)cc1.c1ccc(-c2ccccc2)cc1. The summed E-state index contributed by atoms with van der Waals surface area (Å²) in [4.78, 5) is 28.8. The molecule has 0 unspecified atom stereocenters. The van der Waals surface area contributed by atoms with Gasteiger partial charge in [0.2, 0.25) is 0 Å². The minimum atomic E-state index is -1.34. The molecule has 0 atom stereocenters. The highest BCUT2D eigenvalue weighted by atomic mass is 127. The van der Waals surface area contributed by atoms with E-state index in [9.17, 15) is 14.4 Å². The van der Waals surface area contributed by atoms with E-state index >= 15 is 0 Å². The molecule has 0 aliphatic heterocycles. The van der Waals surface area contributed by atoms with Gasteiger partial charge < -0.3 is 34.5 Å². The first kappa shape index (κ1) is 84.6. The molecule has 0 fully saturated rings. The predicted octanol–water partition coefficient (Wildman–Crippen LogP) is 15.8. The number of halogens is 3. The lowest BCUT2D eigenvalue weighted by Crippen LogP contribution is -2.29. The maximum atomic E-state index is 9.59. The van der Waals surface area contributed by atoms with Crippen molar-refractivity contribution < 1.29 is 48.9 Å². The quantitative estimate of drug-likeness (QED) is 0.0580. The van der Waals surface area contributed by atoms with Crippen LogP contribution in [0.5, 0.6) is 0 Å². The van der Waals surface area contributed by atoms with E-state index in [0.29, 0.717) is 5.46 Å². The number of rotatable bonds is 3. The molecular weight excluding hydrogens is 1330 g/mol. The Hall–Kier alpha value is -5.74. The van der Waals surface area contributed by atoms with Crippen LogP contribution in [0.2, 0.25) is 0 Å². The van der Waals surface area contributed by atoms with Crippen molar-refractivity contribution in [1.82, 2.24) is 0 Å². The minimum Gasteiger partial charge on any atom is -0.469 e. The Morgan fingerprint density at radius 3 is 0.519 bits per heavy atom. The van der Waals surface area contributed by atoms with E-state index in [4.69, 9.17) is 20.3 Å². The zero-order chi connectivity index (χ0) is 61.3. The van der Waals surface area contributed by atoms with Crippen LogP contribution >= 0.6 is 67.8 Å². The fourth-order valence-corrected chi connectivity index (χ4v) is 5.64. The molecule has 0 amide bonds. The lowest BCUT2D eigenvalue weighted by atomic mass is 9.81. The van der Waals surface area contributed by atoms with Crippen LogP contribution in [0.3, 0.4) is 0 Å². The molecule has 8 aromatic rings. The van der Waals surface area contributed by atoms with Crippen molar-refractivity contribution in [3.05, 3.63) is 253 Å². The van der Waals surface area contributed by atoms with Crippen molar-refractivity contribution in [1.29, 1.82) is 0 Å². The van der Waals surface area contributed by atoms with Gasteiger partial charge in [-0.15, -0.1) is 0 Å². The molecule has 4 N–H and O–H groups in total. The van der Waals surface area contributed by atoms with E-state index in [1.807, 2.05) is 126 Å². The Morgan fingerprint density at radius 2 is 0.430 bits per heavy atom. The van der Waals surface area contributed by atoms with Crippen LogP contribution in [0.4, 0.5) is 0 Å². The average Bonchev–Trinajstić information content (AvgIpc) is 3.52. The second kappa shape index (κ2) is 68.4. The van der Waals surface area contributed by atoms with Crippen molar-refractivity contribution in [2.45, 2.75) is 62.3 Å². The molecule has 79 heavy (non-hydrogen) atoms. The molecule has 430 valence electrons. The standard InChI is InChI=1S/2C12H10.C6H7BO2.3C6H5I.3C3H6O2.3C2H6.2CH4O/c2*1-3-7-11(8-4-1)12-9-5-2-6-10-12;8-7(9)6-4-2-1-3-5-6;3*7-6-4-2-1-3-5-6;3*1-3(4)5-2;5*1-2/h2*1-10H;1-5,8-9H;3*1-5H;3*1-2H3;3*1-2H3;2*2H,1H3. The van der Waals surface area contributed by atoms with Gasteiger partial charge in [-0.3, -0.25) is 14.4 Å².